The van der Waals surface area contributed by atoms with Crippen molar-refractivity contribution in [3.63, 3.8) is 0 Å². The van der Waals surface area contributed by atoms with E-state index < -0.39 is 6.04 Å². The number of carbonyl (C=O) groups excluding carboxylic acids is 2. The summed E-state index contributed by atoms with van der Waals surface area (Å²) in [5, 5.41) is 5.43. The molecule has 1 aromatic heterocycles. The van der Waals surface area contributed by atoms with Crippen LogP contribution in [-0.4, -0.2) is 23.3 Å². The molecule has 0 bridgehead atoms. The molecule has 29 heavy (non-hydrogen) atoms. The standard InChI is InChI=1S/C23H23N3O2S/c1-3-14-26(23-25-21(16-29-23)19-12-8-5-9-13-19)22(28)15-20(24-17(2)27)18-10-6-4-7-11-18/h3-13,16,20H,1,14-15H2,2H3,(H,24,27). The summed E-state index contributed by atoms with van der Waals surface area (Å²) < 4.78 is 0. The summed E-state index contributed by atoms with van der Waals surface area (Å²) in [7, 11) is 0. The topological polar surface area (TPSA) is 62.3 Å². The van der Waals surface area contributed by atoms with Crippen molar-refractivity contribution in [3.05, 3.63) is 84.3 Å². The fourth-order valence-electron chi connectivity index (χ4n) is 3.01. The minimum Gasteiger partial charge on any atom is -0.349 e. The minimum absolute atomic E-state index is 0.124. The average molecular weight is 406 g/mol. The molecule has 5 nitrogen and oxygen atoms in total. The fraction of sp³-hybridized carbons (Fsp3) is 0.174. The van der Waals surface area contributed by atoms with Gasteiger partial charge in [-0.05, 0) is 5.56 Å². The van der Waals surface area contributed by atoms with Crippen molar-refractivity contribution in [2.24, 2.45) is 0 Å². The highest BCUT2D eigenvalue weighted by Gasteiger charge is 2.23. The summed E-state index contributed by atoms with van der Waals surface area (Å²) in [6.45, 7) is 5.57. The van der Waals surface area contributed by atoms with Gasteiger partial charge >= 0.3 is 0 Å². The van der Waals surface area contributed by atoms with Crippen LogP contribution in [0.3, 0.4) is 0 Å². The Kier molecular flexibility index (Phi) is 6.92. The molecular weight excluding hydrogens is 382 g/mol. The van der Waals surface area contributed by atoms with Crippen LogP contribution < -0.4 is 10.2 Å². The van der Waals surface area contributed by atoms with Gasteiger partial charge in [0.2, 0.25) is 11.8 Å². The molecule has 1 heterocycles. The highest BCUT2D eigenvalue weighted by atomic mass is 32.1. The van der Waals surface area contributed by atoms with Crippen molar-refractivity contribution < 1.29 is 9.59 Å². The lowest BCUT2D eigenvalue weighted by Crippen LogP contribution is -2.36. The van der Waals surface area contributed by atoms with Crippen LogP contribution in [0.4, 0.5) is 5.13 Å². The van der Waals surface area contributed by atoms with Crippen molar-refractivity contribution in [2.75, 3.05) is 11.4 Å². The lowest BCUT2D eigenvalue weighted by molar-refractivity contribution is -0.121. The molecule has 6 heteroatoms. The van der Waals surface area contributed by atoms with E-state index in [1.165, 1.54) is 18.3 Å². The third-order valence-corrected chi connectivity index (χ3v) is 5.23. The van der Waals surface area contributed by atoms with Crippen molar-refractivity contribution >= 4 is 28.3 Å². The number of anilines is 1. The number of nitrogens with zero attached hydrogens (tertiary/aromatic N) is 2. The van der Waals surface area contributed by atoms with Crippen molar-refractivity contribution in [2.45, 2.75) is 19.4 Å². The second-order valence-electron chi connectivity index (χ2n) is 6.54. The molecule has 0 aliphatic carbocycles. The largest absolute Gasteiger partial charge is 0.349 e. The van der Waals surface area contributed by atoms with Gasteiger partial charge in [0.05, 0.1) is 18.2 Å². The molecule has 2 amide bonds. The number of nitrogens with one attached hydrogen (secondary N) is 1. The van der Waals surface area contributed by atoms with E-state index in [0.717, 1.165) is 16.8 Å². The normalized spacial score (nSPS) is 11.5. The number of carbonyl (C=O) groups is 2. The molecule has 0 saturated heterocycles. The van der Waals surface area contributed by atoms with Crippen molar-refractivity contribution in [3.8, 4) is 11.3 Å². The van der Waals surface area contributed by atoms with E-state index >= 15 is 0 Å². The summed E-state index contributed by atoms with van der Waals surface area (Å²) in [5.41, 5.74) is 2.72. The summed E-state index contributed by atoms with van der Waals surface area (Å²) in [6.07, 6.45) is 1.81. The molecule has 0 radical (unpaired) electrons. The number of hydrogen-bond donors (Lipinski definition) is 1. The third kappa shape index (κ3) is 5.39. The maximum atomic E-state index is 13.1. The number of aromatic nitrogens is 1. The van der Waals surface area contributed by atoms with Crippen LogP contribution in [0.15, 0.2) is 78.7 Å². The second-order valence-corrected chi connectivity index (χ2v) is 7.38. The first kappa shape index (κ1) is 20.5. The monoisotopic (exact) mass is 405 g/mol. The quantitative estimate of drug-likeness (QED) is 0.557. The Morgan fingerprint density at radius 2 is 1.79 bits per heavy atom. The molecule has 0 spiro atoms. The highest BCUT2D eigenvalue weighted by molar-refractivity contribution is 7.14. The van der Waals surface area contributed by atoms with E-state index in [0.29, 0.717) is 11.7 Å². The van der Waals surface area contributed by atoms with Gasteiger partial charge in [0.1, 0.15) is 0 Å². The Morgan fingerprint density at radius 1 is 1.14 bits per heavy atom. The Labute approximate surface area is 174 Å². The van der Waals surface area contributed by atoms with Crippen LogP contribution in [-0.2, 0) is 9.59 Å². The maximum absolute atomic E-state index is 13.1. The molecule has 0 fully saturated rings. The molecule has 2 aromatic carbocycles. The van der Waals surface area contributed by atoms with Crippen molar-refractivity contribution in [1.82, 2.24) is 10.3 Å². The summed E-state index contributed by atoms with van der Waals surface area (Å²) >= 11 is 1.42. The SMILES string of the molecule is C=CCN(C(=O)CC(NC(C)=O)c1ccccc1)c1nc(-c2ccccc2)cs1. The second kappa shape index (κ2) is 9.80. The number of rotatable bonds is 8. The molecule has 3 rings (SSSR count). The van der Waals surface area contributed by atoms with Gasteiger partial charge in [-0.25, -0.2) is 4.98 Å². The van der Waals surface area contributed by atoms with Gasteiger partial charge in [0, 0.05) is 24.4 Å². The number of amides is 2. The molecule has 0 aliphatic heterocycles. The summed E-state index contributed by atoms with van der Waals surface area (Å²) in [5.74, 6) is -0.302. The van der Waals surface area contributed by atoms with Gasteiger partial charge in [0.15, 0.2) is 5.13 Å². The third-order valence-electron chi connectivity index (χ3n) is 4.36. The van der Waals surface area contributed by atoms with Crippen LogP contribution in [0.5, 0.6) is 0 Å². The van der Waals surface area contributed by atoms with Gasteiger partial charge in [-0.15, -0.1) is 17.9 Å². The number of thiazole rings is 1. The lowest BCUT2D eigenvalue weighted by atomic mass is 10.0. The molecule has 0 aliphatic rings. The van der Waals surface area contributed by atoms with Crippen LogP contribution in [0.1, 0.15) is 24.9 Å². The van der Waals surface area contributed by atoms with Crippen LogP contribution in [0.2, 0.25) is 0 Å². The Hall–Kier alpha value is -3.25. The van der Waals surface area contributed by atoms with E-state index in [-0.39, 0.29) is 18.2 Å². The predicted octanol–water partition coefficient (Wildman–Crippen LogP) is 4.60. The van der Waals surface area contributed by atoms with Crippen LogP contribution in [0, 0.1) is 0 Å². The zero-order valence-electron chi connectivity index (χ0n) is 16.2. The molecule has 1 unspecified atom stereocenters. The Balaban J connectivity index is 1.82. The van der Waals surface area contributed by atoms with Crippen molar-refractivity contribution in [1.29, 1.82) is 0 Å². The first-order valence-corrected chi connectivity index (χ1v) is 10.2. The molecule has 3 aromatic rings. The van der Waals surface area contributed by atoms with Gasteiger partial charge in [-0.3, -0.25) is 14.5 Å². The van der Waals surface area contributed by atoms with Crippen LogP contribution in [0.25, 0.3) is 11.3 Å². The van der Waals surface area contributed by atoms with E-state index in [9.17, 15) is 9.59 Å². The molecule has 1 atom stereocenters. The maximum Gasteiger partial charge on any atom is 0.231 e. The minimum atomic E-state index is -0.401. The van der Waals surface area contributed by atoms with Gasteiger partial charge < -0.3 is 5.32 Å². The number of benzene rings is 2. The Bertz CT molecular complexity index is 970. The molecule has 0 saturated carbocycles. The van der Waals surface area contributed by atoms with Crippen LogP contribution >= 0.6 is 11.3 Å². The predicted molar refractivity (Wildman–Crippen MR) is 118 cm³/mol. The van der Waals surface area contributed by atoms with E-state index in [2.05, 4.69) is 16.9 Å². The first-order valence-electron chi connectivity index (χ1n) is 9.32. The van der Waals surface area contributed by atoms with E-state index in [1.807, 2.05) is 66.0 Å². The zero-order chi connectivity index (χ0) is 20.6. The average Bonchev–Trinajstić information content (AvgIpc) is 3.22. The zero-order valence-corrected chi connectivity index (χ0v) is 17.1. The molecule has 1 N–H and O–H groups in total. The Morgan fingerprint density at radius 3 is 2.41 bits per heavy atom. The van der Waals surface area contributed by atoms with E-state index in [1.54, 1.807) is 11.0 Å². The molecule has 148 valence electrons. The number of hydrogen-bond acceptors (Lipinski definition) is 4. The lowest BCUT2D eigenvalue weighted by Gasteiger charge is -2.23. The first-order chi connectivity index (χ1) is 14.1. The van der Waals surface area contributed by atoms with E-state index in [4.69, 9.17) is 0 Å². The van der Waals surface area contributed by atoms with Gasteiger partial charge in [-0.1, -0.05) is 66.7 Å². The highest BCUT2D eigenvalue weighted by Crippen LogP contribution is 2.29. The fourth-order valence-corrected chi connectivity index (χ4v) is 3.87. The summed E-state index contributed by atoms with van der Waals surface area (Å²) in [4.78, 5) is 31.1. The van der Waals surface area contributed by atoms with Gasteiger partial charge in [0.25, 0.3) is 0 Å². The summed E-state index contributed by atoms with van der Waals surface area (Å²) in [6, 6.07) is 18.9. The molecular formula is C23H23N3O2S. The smallest absolute Gasteiger partial charge is 0.231 e. The van der Waals surface area contributed by atoms with Gasteiger partial charge in [-0.2, -0.15) is 0 Å².